The van der Waals surface area contributed by atoms with Gasteiger partial charge in [-0.25, -0.2) is 4.79 Å². The van der Waals surface area contributed by atoms with E-state index in [1.807, 2.05) is 36.4 Å². The molecule has 0 fully saturated rings. The summed E-state index contributed by atoms with van der Waals surface area (Å²) in [5, 5.41) is 7.28. The number of H-pyrrole nitrogens is 1. The number of aryl methyl sites for hydroxylation is 1. The monoisotopic (exact) mass is 305 g/mol. The van der Waals surface area contributed by atoms with Gasteiger partial charge in [-0.1, -0.05) is 36.4 Å². The molecule has 1 heterocycles. The van der Waals surface area contributed by atoms with E-state index in [1.165, 1.54) is 22.2 Å². The zero-order valence-electron chi connectivity index (χ0n) is 12.8. The molecule has 0 saturated heterocycles. The Balaban J connectivity index is 1.45. The van der Waals surface area contributed by atoms with Crippen molar-refractivity contribution in [3.8, 4) is 0 Å². The highest BCUT2D eigenvalue weighted by atomic mass is 16.2. The van der Waals surface area contributed by atoms with Gasteiger partial charge in [0.05, 0.1) is 0 Å². The van der Waals surface area contributed by atoms with Crippen LogP contribution < -0.4 is 10.6 Å². The molecule has 3 aromatic rings. The second-order valence-electron chi connectivity index (χ2n) is 6.03. The number of carbonyl (C=O) groups is 1. The van der Waals surface area contributed by atoms with E-state index in [4.69, 9.17) is 0 Å². The maximum absolute atomic E-state index is 12.1. The molecule has 0 aliphatic heterocycles. The summed E-state index contributed by atoms with van der Waals surface area (Å²) < 4.78 is 0. The van der Waals surface area contributed by atoms with Crippen molar-refractivity contribution in [1.29, 1.82) is 0 Å². The molecule has 23 heavy (non-hydrogen) atoms. The Hall–Kier alpha value is -2.75. The Morgan fingerprint density at radius 3 is 2.70 bits per heavy atom. The zero-order valence-corrected chi connectivity index (χ0v) is 12.8. The normalized spacial score (nSPS) is 16.8. The van der Waals surface area contributed by atoms with Gasteiger partial charge in [0.1, 0.15) is 0 Å². The molecule has 1 aliphatic rings. The van der Waals surface area contributed by atoms with Gasteiger partial charge in [-0.2, -0.15) is 0 Å². The minimum absolute atomic E-state index is 0.138. The lowest BCUT2D eigenvalue weighted by Crippen LogP contribution is -2.41. The van der Waals surface area contributed by atoms with Crippen LogP contribution in [-0.4, -0.2) is 17.1 Å². The number of hydrogen-bond donors (Lipinski definition) is 3. The van der Waals surface area contributed by atoms with Gasteiger partial charge in [-0.05, 0) is 36.6 Å². The molecule has 3 N–H and O–H groups in total. The number of carbonyl (C=O) groups excluding carboxylic acids is 1. The fraction of sp³-hybridized carbons (Fsp3) is 0.211. The van der Waals surface area contributed by atoms with Gasteiger partial charge in [0, 0.05) is 34.7 Å². The summed E-state index contributed by atoms with van der Waals surface area (Å²) in [6.07, 6.45) is 2.82. The molecule has 1 unspecified atom stereocenters. The quantitative estimate of drug-likeness (QED) is 0.662. The maximum Gasteiger partial charge on any atom is 0.319 e. The van der Waals surface area contributed by atoms with Crippen molar-refractivity contribution in [3.05, 3.63) is 65.9 Å². The molecule has 1 aliphatic carbocycles. The van der Waals surface area contributed by atoms with E-state index in [1.54, 1.807) is 0 Å². The number of hydrogen-bond acceptors (Lipinski definition) is 1. The van der Waals surface area contributed by atoms with E-state index in [9.17, 15) is 4.79 Å². The first-order valence-corrected chi connectivity index (χ1v) is 8.00. The van der Waals surface area contributed by atoms with E-state index < -0.39 is 0 Å². The summed E-state index contributed by atoms with van der Waals surface area (Å²) in [5.41, 5.74) is 4.66. The molecule has 4 rings (SSSR count). The van der Waals surface area contributed by atoms with Crippen LogP contribution in [0.3, 0.4) is 0 Å². The number of aromatic amines is 1. The summed E-state index contributed by atoms with van der Waals surface area (Å²) in [7, 11) is 0. The van der Waals surface area contributed by atoms with Crippen LogP contribution in [0, 0.1) is 0 Å². The molecule has 116 valence electrons. The molecule has 2 amide bonds. The molecule has 2 aromatic carbocycles. The summed E-state index contributed by atoms with van der Waals surface area (Å²) in [6.45, 7) is 0. The predicted octanol–water partition coefficient (Wildman–Crippen LogP) is 3.85. The Morgan fingerprint density at radius 1 is 1.04 bits per heavy atom. The third kappa shape index (κ3) is 2.80. The number of fused-ring (bicyclic) bond motifs is 3. The average Bonchev–Trinajstić information content (AvgIpc) is 2.93. The largest absolute Gasteiger partial charge is 0.358 e. The summed E-state index contributed by atoms with van der Waals surface area (Å²) in [5.74, 6) is 0. The fourth-order valence-electron chi connectivity index (χ4n) is 3.38. The first kappa shape index (κ1) is 13.9. The Bertz CT molecular complexity index is 838. The average molecular weight is 305 g/mol. The summed E-state index contributed by atoms with van der Waals surface area (Å²) >= 11 is 0. The lowest BCUT2D eigenvalue weighted by Gasteiger charge is -2.23. The standard InChI is InChI=1S/C19H19N3O/c23-19(20-13-6-2-1-3-7-13)21-14-10-11-16-15-8-4-5-9-17(15)22-18(16)12-14/h1-9,14,22H,10-12H2,(H2,20,21,23). The number of nitrogens with one attached hydrogen (secondary N) is 3. The summed E-state index contributed by atoms with van der Waals surface area (Å²) in [4.78, 5) is 15.6. The van der Waals surface area contributed by atoms with Gasteiger partial charge in [0.15, 0.2) is 0 Å². The van der Waals surface area contributed by atoms with Crippen molar-refractivity contribution in [2.24, 2.45) is 0 Å². The molecule has 0 radical (unpaired) electrons. The topological polar surface area (TPSA) is 56.9 Å². The first-order valence-electron chi connectivity index (χ1n) is 8.00. The van der Waals surface area contributed by atoms with Gasteiger partial charge in [-0.15, -0.1) is 0 Å². The third-order valence-corrected chi connectivity index (χ3v) is 4.46. The predicted molar refractivity (Wildman–Crippen MR) is 92.7 cm³/mol. The lowest BCUT2D eigenvalue weighted by molar-refractivity contribution is 0.247. The Kier molecular flexibility index (Phi) is 3.50. The van der Waals surface area contributed by atoms with Crippen molar-refractivity contribution >= 4 is 22.6 Å². The molecule has 0 spiro atoms. The number of amides is 2. The van der Waals surface area contributed by atoms with Gasteiger partial charge in [-0.3, -0.25) is 0 Å². The van der Waals surface area contributed by atoms with E-state index in [2.05, 4.69) is 33.8 Å². The van der Waals surface area contributed by atoms with Crippen molar-refractivity contribution < 1.29 is 4.79 Å². The van der Waals surface area contributed by atoms with E-state index in [0.29, 0.717) is 0 Å². The second-order valence-corrected chi connectivity index (χ2v) is 6.03. The first-order chi connectivity index (χ1) is 11.3. The number of rotatable bonds is 2. The lowest BCUT2D eigenvalue weighted by atomic mass is 9.92. The molecule has 0 bridgehead atoms. The SMILES string of the molecule is O=C(Nc1ccccc1)NC1CCc2c([nH]c3ccccc23)C1. The van der Waals surface area contributed by atoms with Crippen LogP contribution in [0.5, 0.6) is 0 Å². The van der Waals surface area contributed by atoms with E-state index in [0.717, 1.165) is 24.9 Å². The molecule has 1 aromatic heterocycles. The Morgan fingerprint density at radius 2 is 1.83 bits per heavy atom. The van der Waals surface area contributed by atoms with Crippen LogP contribution >= 0.6 is 0 Å². The van der Waals surface area contributed by atoms with Crippen molar-refractivity contribution in [2.75, 3.05) is 5.32 Å². The van der Waals surface area contributed by atoms with Gasteiger partial charge in [0.2, 0.25) is 0 Å². The van der Waals surface area contributed by atoms with E-state index in [-0.39, 0.29) is 12.1 Å². The van der Waals surface area contributed by atoms with Crippen LogP contribution in [-0.2, 0) is 12.8 Å². The highest BCUT2D eigenvalue weighted by Gasteiger charge is 2.23. The highest BCUT2D eigenvalue weighted by molar-refractivity contribution is 5.89. The van der Waals surface area contributed by atoms with Gasteiger partial charge in [0.25, 0.3) is 0 Å². The number of aromatic nitrogens is 1. The van der Waals surface area contributed by atoms with Crippen molar-refractivity contribution in [2.45, 2.75) is 25.3 Å². The molecule has 4 heteroatoms. The zero-order chi connectivity index (χ0) is 15.6. The minimum atomic E-state index is -0.138. The number of anilines is 1. The number of benzene rings is 2. The highest BCUT2D eigenvalue weighted by Crippen LogP contribution is 2.29. The fourth-order valence-corrected chi connectivity index (χ4v) is 3.38. The third-order valence-electron chi connectivity index (χ3n) is 4.46. The molecule has 4 nitrogen and oxygen atoms in total. The maximum atomic E-state index is 12.1. The van der Waals surface area contributed by atoms with Crippen LogP contribution in [0.1, 0.15) is 17.7 Å². The molecular weight excluding hydrogens is 286 g/mol. The minimum Gasteiger partial charge on any atom is -0.358 e. The van der Waals surface area contributed by atoms with E-state index >= 15 is 0 Å². The number of para-hydroxylation sites is 2. The van der Waals surface area contributed by atoms with Crippen LogP contribution in [0.25, 0.3) is 10.9 Å². The van der Waals surface area contributed by atoms with Gasteiger partial charge >= 0.3 is 6.03 Å². The Labute approximate surface area is 134 Å². The van der Waals surface area contributed by atoms with Crippen molar-refractivity contribution in [1.82, 2.24) is 10.3 Å². The van der Waals surface area contributed by atoms with Crippen LogP contribution in [0.2, 0.25) is 0 Å². The molecule has 1 atom stereocenters. The second kappa shape index (κ2) is 5.80. The summed E-state index contributed by atoms with van der Waals surface area (Å²) in [6, 6.07) is 18.0. The van der Waals surface area contributed by atoms with Crippen LogP contribution in [0.4, 0.5) is 10.5 Å². The van der Waals surface area contributed by atoms with Gasteiger partial charge < -0.3 is 15.6 Å². The smallest absolute Gasteiger partial charge is 0.319 e. The van der Waals surface area contributed by atoms with Crippen LogP contribution in [0.15, 0.2) is 54.6 Å². The van der Waals surface area contributed by atoms with Crippen molar-refractivity contribution in [3.63, 3.8) is 0 Å². The molecular formula is C19H19N3O. The number of urea groups is 1. The molecule has 0 saturated carbocycles.